The van der Waals surface area contributed by atoms with Crippen LogP contribution in [0.4, 0.5) is 13.2 Å². The van der Waals surface area contributed by atoms with Crippen LogP contribution in [0, 0.1) is 24.4 Å². The molecule has 190 valence electrons. The minimum Gasteiger partial charge on any atom is -0.393 e. The summed E-state index contributed by atoms with van der Waals surface area (Å²) in [5.41, 5.74) is -0.00284. The Morgan fingerprint density at radius 1 is 0.972 bits per heavy atom. The number of hydrogen-bond donors (Lipinski definition) is 2. The van der Waals surface area contributed by atoms with Gasteiger partial charge in [-0.2, -0.15) is 0 Å². The summed E-state index contributed by atoms with van der Waals surface area (Å²) >= 11 is 0. The van der Waals surface area contributed by atoms with Crippen LogP contribution in [0.5, 0.6) is 0 Å². The van der Waals surface area contributed by atoms with Crippen LogP contribution in [0.2, 0.25) is 0 Å². The average Bonchev–Trinajstić information content (AvgIpc) is 2.84. The molecule has 2 aromatic carbocycles. The summed E-state index contributed by atoms with van der Waals surface area (Å²) in [5, 5.41) is 10.8. The molecule has 2 N–H and O–H groups in total. The fraction of sp³-hybridized carbons (Fsp3) is 0.308. The third-order valence-corrected chi connectivity index (χ3v) is 8.45. The molecule has 1 aliphatic carbocycles. The fourth-order valence-electron chi connectivity index (χ4n) is 4.42. The van der Waals surface area contributed by atoms with Crippen molar-refractivity contribution < 1.29 is 31.5 Å². The number of nitrogens with one attached hydrogen (secondary N) is 1. The van der Waals surface area contributed by atoms with E-state index in [1.165, 1.54) is 12.3 Å². The number of amides is 1. The van der Waals surface area contributed by atoms with Crippen molar-refractivity contribution in [3.63, 3.8) is 0 Å². The second kappa shape index (κ2) is 10.4. The summed E-state index contributed by atoms with van der Waals surface area (Å²) < 4.78 is 69.6. The Morgan fingerprint density at radius 3 is 2.25 bits per heavy atom. The number of halogens is 3. The highest BCUT2D eigenvalue weighted by Gasteiger charge is 2.35. The number of hydrogen-bond acceptors (Lipinski definition) is 5. The van der Waals surface area contributed by atoms with Crippen LogP contribution in [0.1, 0.15) is 58.1 Å². The summed E-state index contributed by atoms with van der Waals surface area (Å²) in [6, 6.07) is 7.85. The molecule has 1 atom stereocenters. The minimum atomic E-state index is -4.38. The molecule has 1 aromatic heterocycles. The van der Waals surface area contributed by atoms with E-state index >= 15 is 0 Å². The number of aromatic nitrogens is 1. The van der Waals surface area contributed by atoms with Gasteiger partial charge in [-0.25, -0.2) is 21.6 Å². The number of aliphatic hydroxyl groups excluding tert-OH is 1. The van der Waals surface area contributed by atoms with Gasteiger partial charge >= 0.3 is 0 Å². The predicted octanol–water partition coefficient (Wildman–Crippen LogP) is 4.40. The maximum Gasteiger partial charge on any atom is 0.270 e. The van der Waals surface area contributed by atoms with E-state index in [0.717, 1.165) is 42.5 Å². The standard InChI is InChI=1S/C26H25F3N2O4S/c1-15-12-24(26(33)31-18-5-7-19(32)8-6-18)30-14-22(15)25(21-13-17(28)4-11-23(21)29)36(34,35)20-9-2-16(27)3-10-20/h2-4,9-14,18-19,25,32H,5-8H2,1H3,(H,31,33). The van der Waals surface area contributed by atoms with Crippen LogP contribution in [-0.2, 0) is 9.84 Å². The lowest BCUT2D eigenvalue weighted by Crippen LogP contribution is -2.39. The van der Waals surface area contributed by atoms with Gasteiger partial charge in [0.15, 0.2) is 9.84 Å². The summed E-state index contributed by atoms with van der Waals surface area (Å²) in [4.78, 5) is 16.6. The zero-order valence-electron chi connectivity index (χ0n) is 19.4. The number of benzene rings is 2. The van der Waals surface area contributed by atoms with Gasteiger partial charge < -0.3 is 10.4 Å². The second-order valence-corrected chi connectivity index (χ2v) is 11.0. The van der Waals surface area contributed by atoms with Crippen molar-refractivity contribution in [3.8, 4) is 0 Å². The highest BCUT2D eigenvalue weighted by atomic mass is 32.2. The number of aliphatic hydroxyl groups is 1. The summed E-state index contributed by atoms with van der Waals surface area (Å²) in [5.74, 6) is -2.87. The zero-order valence-corrected chi connectivity index (χ0v) is 20.2. The number of carbonyl (C=O) groups excluding carboxylic acids is 1. The molecule has 0 bridgehead atoms. The number of rotatable bonds is 6. The fourth-order valence-corrected chi connectivity index (χ4v) is 6.31. The maximum atomic E-state index is 14.8. The van der Waals surface area contributed by atoms with E-state index < -0.39 is 44.0 Å². The molecule has 1 unspecified atom stereocenters. The number of carbonyl (C=O) groups is 1. The first-order valence-electron chi connectivity index (χ1n) is 11.5. The number of pyridine rings is 1. The number of nitrogens with zero attached hydrogens (tertiary/aromatic N) is 1. The molecular weight excluding hydrogens is 493 g/mol. The Bertz CT molecular complexity index is 1370. The molecule has 0 spiro atoms. The van der Waals surface area contributed by atoms with Gasteiger partial charge in [-0.3, -0.25) is 9.78 Å². The molecule has 1 fully saturated rings. The summed E-state index contributed by atoms with van der Waals surface area (Å²) in [7, 11) is -4.38. The summed E-state index contributed by atoms with van der Waals surface area (Å²) in [6.45, 7) is 1.55. The van der Waals surface area contributed by atoms with E-state index in [9.17, 15) is 31.5 Å². The van der Waals surface area contributed by atoms with Gasteiger partial charge in [0.25, 0.3) is 5.91 Å². The normalized spacial score (nSPS) is 19.0. The molecule has 1 amide bonds. The Labute approximate surface area is 207 Å². The second-order valence-electron chi connectivity index (χ2n) is 8.95. The molecule has 4 rings (SSSR count). The highest BCUT2D eigenvalue weighted by molar-refractivity contribution is 7.92. The van der Waals surface area contributed by atoms with E-state index in [1.807, 2.05) is 0 Å². The smallest absolute Gasteiger partial charge is 0.270 e. The van der Waals surface area contributed by atoms with E-state index in [2.05, 4.69) is 10.3 Å². The Morgan fingerprint density at radius 2 is 1.61 bits per heavy atom. The highest BCUT2D eigenvalue weighted by Crippen LogP contribution is 2.38. The SMILES string of the molecule is Cc1cc(C(=O)NC2CCC(O)CC2)ncc1C(c1cc(F)ccc1F)S(=O)(=O)c1ccc(F)cc1. The van der Waals surface area contributed by atoms with Crippen LogP contribution in [0.15, 0.2) is 59.6 Å². The number of aryl methyl sites for hydroxylation is 1. The van der Waals surface area contributed by atoms with Gasteiger partial charge in [0.05, 0.1) is 11.0 Å². The molecule has 1 saturated carbocycles. The lowest BCUT2D eigenvalue weighted by molar-refractivity contribution is 0.0863. The molecule has 36 heavy (non-hydrogen) atoms. The van der Waals surface area contributed by atoms with Gasteiger partial charge in [-0.15, -0.1) is 0 Å². The van der Waals surface area contributed by atoms with Crippen LogP contribution in [0.25, 0.3) is 0 Å². The lowest BCUT2D eigenvalue weighted by atomic mass is 9.93. The summed E-state index contributed by atoms with van der Waals surface area (Å²) in [6.07, 6.45) is 3.21. The number of sulfone groups is 1. The van der Waals surface area contributed by atoms with Gasteiger partial charge in [0.2, 0.25) is 0 Å². The Balaban J connectivity index is 1.73. The topological polar surface area (TPSA) is 96.4 Å². The van der Waals surface area contributed by atoms with Crippen LogP contribution in [0.3, 0.4) is 0 Å². The monoisotopic (exact) mass is 518 g/mol. The van der Waals surface area contributed by atoms with Gasteiger partial charge in [0.1, 0.15) is 28.4 Å². The van der Waals surface area contributed by atoms with E-state index in [0.29, 0.717) is 31.2 Å². The van der Waals surface area contributed by atoms with Gasteiger partial charge in [-0.05, 0) is 92.3 Å². The first kappa shape index (κ1) is 25.8. The van der Waals surface area contributed by atoms with Crippen LogP contribution >= 0.6 is 0 Å². The minimum absolute atomic E-state index is 0.0417. The quantitative estimate of drug-likeness (QED) is 0.472. The molecule has 0 aliphatic heterocycles. The van der Waals surface area contributed by atoms with Gasteiger partial charge in [0, 0.05) is 17.8 Å². The van der Waals surface area contributed by atoms with Crippen molar-refractivity contribution in [1.82, 2.24) is 10.3 Å². The largest absolute Gasteiger partial charge is 0.393 e. The van der Waals surface area contributed by atoms with E-state index in [-0.39, 0.29) is 28.3 Å². The molecule has 0 radical (unpaired) electrons. The molecule has 6 nitrogen and oxygen atoms in total. The van der Waals surface area contributed by atoms with Gasteiger partial charge in [-0.1, -0.05) is 0 Å². The molecule has 0 saturated heterocycles. The molecule has 3 aromatic rings. The van der Waals surface area contributed by atoms with E-state index in [1.54, 1.807) is 6.92 Å². The van der Waals surface area contributed by atoms with E-state index in [4.69, 9.17) is 0 Å². The molecule has 10 heteroatoms. The maximum absolute atomic E-state index is 14.8. The van der Waals surface area contributed by atoms with Crippen molar-refractivity contribution in [2.75, 3.05) is 0 Å². The van der Waals surface area contributed by atoms with Crippen LogP contribution in [-0.4, -0.2) is 36.6 Å². The third-order valence-electron chi connectivity index (χ3n) is 6.39. The molecule has 1 heterocycles. The van der Waals surface area contributed by atoms with Crippen molar-refractivity contribution in [3.05, 3.63) is 94.6 Å². The van der Waals surface area contributed by atoms with Crippen LogP contribution < -0.4 is 5.32 Å². The molecule has 1 aliphatic rings. The first-order valence-corrected chi connectivity index (χ1v) is 13.0. The third kappa shape index (κ3) is 5.44. The lowest BCUT2D eigenvalue weighted by Gasteiger charge is -2.26. The zero-order chi connectivity index (χ0) is 26.0. The van der Waals surface area contributed by atoms with Crippen molar-refractivity contribution in [2.24, 2.45) is 0 Å². The molecular formula is C26H25F3N2O4S. The van der Waals surface area contributed by atoms with Crippen molar-refractivity contribution in [2.45, 2.75) is 54.9 Å². The Kier molecular flexibility index (Phi) is 7.46. The average molecular weight is 519 g/mol. The van der Waals surface area contributed by atoms with Crippen molar-refractivity contribution in [1.29, 1.82) is 0 Å². The van der Waals surface area contributed by atoms with Crippen molar-refractivity contribution >= 4 is 15.7 Å². The first-order chi connectivity index (χ1) is 17.1. The Hall–Kier alpha value is -3.24. The predicted molar refractivity (Wildman–Crippen MR) is 126 cm³/mol.